The first kappa shape index (κ1) is 19.9. The molecule has 0 spiro atoms. The van der Waals surface area contributed by atoms with Crippen LogP contribution in [0.2, 0.25) is 0 Å². The number of carbonyl (C=O) groups is 1. The second-order valence-corrected chi connectivity index (χ2v) is 9.13. The van der Waals surface area contributed by atoms with Gasteiger partial charge in [0.05, 0.1) is 9.82 Å². The predicted molar refractivity (Wildman–Crippen MR) is 109 cm³/mol. The average Bonchev–Trinajstić information content (AvgIpc) is 3.46. The lowest BCUT2D eigenvalue weighted by atomic mass is 9.86. The molecular weight excluding hydrogens is 390 g/mol. The van der Waals surface area contributed by atoms with Crippen molar-refractivity contribution in [2.45, 2.75) is 67.6 Å². The minimum absolute atomic E-state index is 0.0723. The van der Waals surface area contributed by atoms with Crippen LogP contribution in [0.15, 0.2) is 34.6 Å². The molecule has 0 N–H and O–H groups in total. The third-order valence-corrected chi connectivity index (χ3v) is 6.94. The highest BCUT2D eigenvalue weighted by molar-refractivity contribution is 7.99. The summed E-state index contributed by atoms with van der Waals surface area (Å²) in [5.41, 5.74) is 0.321. The molecule has 0 radical (unpaired) electrons. The third kappa shape index (κ3) is 4.29. The monoisotopic (exact) mass is 415 g/mol. The van der Waals surface area contributed by atoms with Gasteiger partial charge in [0, 0.05) is 30.8 Å². The fourth-order valence-corrected chi connectivity index (χ4v) is 4.84. The maximum Gasteiger partial charge on any atom is 0.284 e. The normalized spacial score (nSPS) is 21.7. The predicted octanol–water partition coefficient (Wildman–Crippen LogP) is 4.06. The number of aryl methyl sites for hydroxylation is 1. The van der Waals surface area contributed by atoms with Crippen molar-refractivity contribution in [3.8, 4) is 0 Å². The molecule has 2 aromatic rings. The molecule has 8 nitrogen and oxygen atoms in total. The summed E-state index contributed by atoms with van der Waals surface area (Å²) in [4.78, 5) is 27.1. The Bertz CT molecular complexity index is 919. The fraction of sp³-hybridized carbons (Fsp3) is 0.550. The fourth-order valence-electron chi connectivity index (χ4n) is 3.99. The second kappa shape index (κ2) is 8.14. The first-order valence-electron chi connectivity index (χ1n) is 10.1. The van der Waals surface area contributed by atoms with Crippen molar-refractivity contribution in [2.24, 2.45) is 13.0 Å². The highest BCUT2D eigenvalue weighted by atomic mass is 32.2. The molecule has 0 atom stereocenters. The van der Waals surface area contributed by atoms with Crippen LogP contribution >= 0.6 is 11.8 Å². The van der Waals surface area contributed by atoms with E-state index in [1.54, 1.807) is 30.1 Å². The van der Waals surface area contributed by atoms with Crippen LogP contribution in [0, 0.1) is 16.0 Å². The molecule has 0 unspecified atom stereocenters. The Hall–Kier alpha value is -2.42. The molecule has 0 saturated heterocycles. The molecule has 9 heteroatoms. The lowest BCUT2D eigenvalue weighted by molar-refractivity contribution is -0.387. The van der Waals surface area contributed by atoms with Crippen LogP contribution < -0.4 is 0 Å². The smallest absolute Gasteiger partial charge is 0.284 e. The van der Waals surface area contributed by atoms with Gasteiger partial charge in [-0.25, -0.2) is 0 Å². The van der Waals surface area contributed by atoms with Crippen molar-refractivity contribution < 1.29 is 9.72 Å². The van der Waals surface area contributed by atoms with E-state index in [2.05, 4.69) is 17.1 Å². The van der Waals surface area contributed by atoms with Crippen molar-refractivity contribution in [3.63, 3.8) is 0 Å². The molecule has 2 saturated carbocycles. The van der Waals surface area contributed by atoms with E-state index in [1.165, 1.54) is 17.8 Å². The number of aromatic nitrogens is 3. The molecule has 2 aliphatic rings. The molecule has 29 heavy (non-hydrogen) atoms. The Morgan fingerprint density at radius 2 is 1.86 bits per heavy atom. The lowest BCUT2D eigenvalue weighted by Gasteiger charge is -2.36. The molecule has 1 amide bonds. The Kier molecular flexibility index (Phi) is 5.58. The van der Waals surface area contributed by atoms with Crippen molar-refractivity contribution in [1.82, 2.24) is 19.7 Å². The number of rotatable bonds is 6. The van der Waals surface area contributed by atoms with Crippen molar-refractivity contribution in [1.29, 1.82) is 0 Å². The number of benzene rings is 1. The van der Waals surface area contributed by atoms with E-state index < -0.39 is 4.92 Å². The molecule has 154 valence electrons. The van der Waals surface area contributed by atoms with Gasteiger partial charge in [0.25, 0.3) is 11.6 Å². The minimum Gasteiger partial charge on any atom is -0.333 e. The summed E-state index contributed by atoms with van der Waals surface area (Å²) in [6, 6.07) is 5.31. The zero-order chi connectivity index (χ0) is 20.5. The SMILES string of the molecule is CC1CCC(N(C(=O)c2ccc(Sc3nncn3C)c([N+](=O)[O-])c2)C2CC2)CC1. The molecule has 1 aromatic heterocycles. The lowest BCUT2D eigenvalue weighted by Crippen LogP contribution is -2.43. The topological polar surface area (TPSA) is 94.2 Å². The quantitative estimate of drug-likeness (QED) is 0.522. The molecule has 0 aliphatic heterocycles. The standard InChI is InChI=1S/C20H25N5O3S/c1-13-3-6-15(7-4-13)24(16-8-9-16)19(26)14-5-10-18(17(11-14)25(27)28)29-20-22-21-12-23(20)2/h5,10-13,15-16H,3-4,6-9H2,1-2H3. The Balaban J connectivity index is 1.60. The summed E-state index contributed by atoms with van der Waals surface area (Å²) >= 11 is 1.17. The number of hydrogen-bond acceptors (Lipinski definition) is 6. The Labute approximate surface area is 173 Å². The highest BCUT2D eigenvalue weighted by Gasteiger charge is 2.39. The van der Waals surface area contributed by atoms with Gasteiger partial charge in [0.1, 0.15) is 6.33 Å². The van der Waals surface area contributed by atoms with Crippen molar-refractivity contribution in [2.75, 3.05) is 0 Å². The Morgan fingerprint density at radius 1 is 1.21 bits per heavy atom. The largest absolute Gasteiger partial charge is 0.333 e. The van der Waals surface area contributed by atoms with E-state index in [-0.39, 0.29) is 23.7 Å². The first-order chi connectivity index (χ1) is 13.9. The van der Waals surface area contributed by atoms with Gasteiger partial charge in [-0.15, -0.1) is 10.2 Å². The number of hydrogen-bond donors (Lipinski definition) is 0. The van der Waals surface area contributed by atoms with E-state index in [0.717, 1.165) is 38.5 Å². The minimum atomic E-state index is -0.431. The maximum absolute atomic E-state index is 13.3. The van der Waals surface area contributed by atoms with Crippen LogP contribution in [0.5, 0.6) is 0 Å². The van der Waals surface area contributed by atoms with Gasteiger partial charge in [0.15, 0.2) is 5.16 Å². The second-order valence-electron chi connectivity index (χ2n) is 8.12. The van der Waals surface area contributed by atoms with Crippen LogP contribution in [-0.4, -0.2) is 42.6 Å². The van der Waals surface area contributed by atoms with Crippen molar-refractivity contribution in [3.05, 3.63) is 40.2 Å². The third-order valence-electron chi connectivity index (χ3n) is 5.83. The summed E-state index contributed by atoms with van der Waals surface area (Å²) in [5, 5.41) is 20.0. The van der Waals surface area contributed by atoms with Crippen LogP contribution in [-0.2, 0) is 7.05 Å². The van der Waals surface area contributed by atoms with Gasteiger partial charge < -0.3 is 9.47 Å². The molecule has 0 bridgehead atoms. The van der Waals surface area contributed by atoms with Gasteiger partial charge in [-0.05, 0) is 68.3 Å². The van der Waals surface area contributed by atoms with Gasteiger partial charge in [-0.2, -0.15) is 0 Å². The molecule has 1 aromatic carbocycles. The summed E-state index contributed by atoms with van der Waals surface area (Å²) < 4.78 is 1.70. The number of amides is 1. The zero-order valence-corrected chi connectivity index (χ0v) is 17.5. The molecule has 1 heterocycles. The van der Waals surface area contributed by atoms with Crippen LogP contribution in [0.3, 0.4) is 0 Å². The molecule has 2 aliphatic carbocycles. The number of carbonyl (C=O) groups excluding carboxylic acids is 1. The van der Waals surface area contributed by atoms with Gasteiger partial charge >= 0.3 is 0 Å². The van der Waals surface area contributed by atoms with Crippen molar-refractivity contribution >= 4 is 23.4 Å². The number of nitro benzene ring substituents is 1. The Morgan fingerprint density at radius 3 is 2.41 bits per heavy atom. The summed E-state index contributed by atoms with van der Waals surface area (Å²) in [5.74, 6) is 0.630. The van der Waals surface area contributed by atoms with E-state index in [0.29, 0.717) is 21.5 Å². The molecule has 4 rings (SSSR count). The van der Waals surface area contributed by atoms with E-state index in [4.69, 9.17) is 0 Å². The van der Waals surface area contributed by atoms with E-state index in [1.807, 2.05) is 4.90 Å². The molecular formula is C20H25N5O3S. The van der Waals surface area contributed by atoms with Crippen LogP contribution in [0.25, 0.3) is 0 Å². The molecule has 2 fully saturated rings. The summed E-state index contributed by atoms with van der Waals surface area (Å²) in [6.07, 6.45) is 7.91. The van der Waals surface area contributed by atoms with Crippen LogP contribution in [0.1, 0.15) is 55.8 Å². The zero-order valence-electron chi connectivity index (χ0n) is 16.7. The van der Waals surface area contributed by atoms with Gasteiger partial charge in [0.2, 0.25) is 0 Å². The van der Waals surface area contributed by atoms with Gasteiger partial charge in [-0.3, -0.25) is 14.9 Å². The first-order valence-corrected chi connectivity index (χ1v) is 10.9. The maximum atomic E-state index is 13.3. The number of nitro groups is 1. The van der Waals surface area contributed by atoms with E-state index >= 15 is 0 Å². The number of nitrogens with zero attached hydrogens (tertiary/aromatic N) is 5. The van der Waals surface area contributed by atoms with E-state index in [9.17, 15) is 14.9 Å². The summed E-state index contributed by atoms with van der Waals surface area (Å²) in [7, 11) is 1.78. The van der Waals surface area contributed by atoms with Gasteiger partial charge in [-0.1, -0.05) is 6.92 Å². The average molecular weight is 416 g/mol. The van der Waals surface area contributed by atoms with Crippen LogP contribution in [0.4, 0.5) is 5.69 Å². The summed E-state index contributed by atoms with van der Waals surface area (Å²) in [6.45, 7) is 2.26. The highest BCUT2D eigenvalue weighted by Crippen LogP contribution is 2.38.